The van der Waals surface area contributed by atoms with Crippen LogP contribution >= 0.6 is 23.2 Å². The first-order valence-corrected chi connectivity index (χ1v) is 27.4. The van der Waals surface area contributed by atoms with Crippen molar-refractivity contribution >= 4 is 84.6 Å². The number of carboxylic acid groups (broad SMARTS) is 1. The number of hydrogen-bond acceptors (Lipinski definition) is 18. The summed E-state index contributed by atoms with van der Waals surface area (Å²) in [6.07, 6.45) is -13.9. The van der Waals surface area contributed by atoms with Crippen LogP contribution in [0.2, 0.25) is 10.0 Å². The van der Waals surface area contributed by atoms with Crippen LogP contribution in [0.15, 0.2) is 79.0 Å². The van der Waals surface area contributed by atoms with E-state index in [9.17, 15) is 90.8 Å². The van der Waals surface area contributed by atoms with Crippen LogP contribution in [0, 0.1) is 34.5 Å². The van der Waals surface area contributed by atoms with Crippen molar-refractivity contribution in [3.05, 3.63) is 145 Å². The van der Waals surface area contributed by atoms with Crippen molar-refractivity contribution in [2.75, 3.05) is 49.2 Å². The first-order valence-electron chi connectivity index (χ1n) is 23.3. The Hall–Kier alpha value is -8.33. The molecule has 2 amide bonds. The first kappa shape index (κ1) is 65.5. The second-order valence-electron chi connectivity index (χ2n) is 17.2. The molecule has 2 aliphatic heterocycles. The highest BCUT2D eigenvalue weighted by atomic mass is 35.5. The van der Waals surface area contributed by atoms with Crippen LogP contribution in [0.4, 0.5) is 51.1 Å². The van der Waals surface area contributed by atoms with Gasteiger partial charge in [0.05, 0.1) is 64.4 Å². The van der Waals surface area contributed by atoms with Gasteiger partial charge in [-0.1, -0.05) is 53.5 Å². The number of amides is 2. The Balaban J connectivity index is 0.000000250. The van der Waals surface area contributed by atoms with Crippen LogP contribution in [0.1, 0.15) is 84.3 Å². The number of aromatic carboxylic acids is 1. The number of nitrogens with zero attached hydrogens (tertiary/aromatic N) is 7. The van der Waals surface area contributed by atoms with Gasteiger partial charge >= 0.3 is 36.4 Å². The Morgan fingerprint density at radius 2 is 1.08 bits per heavy atom. The van der Waals surface area contributed by atoms with Gasteiger partial charge in [0.25, 0.3) is 0 Å². The molecule has 5 heterocycles. The summed E-state index contributed by atoms with van der Waals surface area (Å²) in [5.41, 5.74) is -7.08. The lowest BCUT2D eigenvalue weighted by molar-refractivity contribution is -0.142. The number of rotatable bonds is 15. The molecule has 0 saturated carbocycles. The maximum Gasteiger partial charge on any atom is 0.434 e. The van der Waals surface area contributed by atoms with Crippen molar-refractivity contribution in [1.82, 2.24) is 24.4 Å². The molecule has 7 rings (SSSR count). The molecule has 83 heavy (non-hydrogen) atoms. The lowest BCUT2D eigenvalue weighted by Crippen LogP contribution is -2.55. The molecule has 2 aromatic carbocycles. The number of ether oxygens (including phenoxy) is 2. The predicted octanol–water partition coefficient (Wildman–Crippen LogP) is 7.57. The van der Waals surface area contributed by atoms with Crippen LogP contribution in [-0.2, 0) is 69.1 Å². The standard InChI is InChI=1S/2C21H18ClF3N4O5S.C7H4F3NO2/c1-2-34-20(31)16-7-13(8-26)18(27-17(16)21(23,24)25)29-9-14(10-29)19(30)28-35(32,33)11-12-4-3-5-15(22)6-12;1-2-34-20(31)15-7-13(8-26)18(27-17(15)21(23,24)25)29-9-14(10-29)19(30)28-35(32,33)11-12-5-3-4-6-16(12)22;8-7(9,10)5-4(6(12)13)2-1-3-11-5/h2*3-7,14H,2,9-11H2,1H3,(H,28,30);1-3H,(H,12,13). The summed E-state index contributed by atoms with van der Waals surface area (Å²) in [7, 11) is -8.15. The first-order chi connectivity index (χ1) is 38.6. The fourth-order valence-electron chi connectivity index (χ4n) is 7.47. The second-order valence-corrected chi connectivity index (χ2v) is 21.5. The van der Waals surface area contributed by atoms with Crippen molar-refractivity contribution in [2.45, 2.75) is 43.9 Å². The summed E-state index contributed by atoms with van der Waals surface area (Å²) in [6.45, 7) is 1.73. The van der Waals surface area contributed by atoms with Crippen LogP contribution in [0.25, 0.3) is 0 Å². The van der Waals surface area contributed by atoms with E-state index in [1.807, 2.05) is 9.44 Å². The van der Waals surface area contributed by atoms with E-state index in [2.05, 4.69) is 24.4 Å². The van der Waals surface area contributed by atoms with E-state index in [1.54, 1.807) is 36.4 Å². The van der Waals surface area contributed by atoms with Crippen LogP contribution in [0.3, 0.4) is 0 Å². The maximum atomic E-state index is 13.5. The molecule has 442 valence electrons. The molecular formula is C49H40Cl2F9N9O12S2. The monoisotopic (exact) mass is 1250 g/mol. The summed E-state index contributed by atoms with van der Waals surface area (Å²) < 4.78 is 180. The van der Waals surface area contributed by atoms with Gasteiger partial charge in [0.2, 0.25) is 31.9 Å². The Labute approximate surface area is 474 Å². The molecule has 0 aliphatic carbocycles. The van der Waals surface area contributed by atoms with Crippen molar-refractivity contribution in [3.63, 3.8) is 0 Å². The van der Waals surface area contributed by atoms with Gasteiger partial charge < -0.3 is 24.4 Å². The molecular weight excluding hydrogens is 1210 g/mol. The summed E-state index contributed by atoms with van der Waals surface area (Å²) in [5, 5.41) is 27.7. The Kier molecular flexibility index (Phi) is 21.1. The highest BCUT2D eigenvalue weighted by Gasteiger charge is 2.44. The number of hydrogen-bond donors (Lipinski definition) is 3. The number of pyridine rings is 3. The molecule has 2 saturated heterocycles. The fourth-order valence-corrected chi connectivity index (χ4v) is 10.3. The lowest BCUT2D eigenvalue weighted by atomic mass is 9.98. The van der Waals surface area contributed by atoms with E-state index in [0.717, 1.165) is 30.5 Å². The molecule has 2 aliphatic rings. The third-order valence-electron chi connectivity index (χ3n) is 11.2. The number of carbonyl (C=O) groups is 5. The Morgan fingerprint density at radius 3 is 1.47 bits per heavy atom. The zero-order valence-corrected chi connectivity index (χ0v) is 45.5. The van der Waals surface area contributed by atoms with E-state index < -0.39 is 125 Å². The molecule has 0 spiro atoms. The van der Waals surface area contributed by atoms with Gasteiger partial charge in [-0.3, -0.25) is 24.0 Å². The number of aromatic nitrogens is 3. The highest BCUT2D eigenvalue weighted by Crippen LogP contribution is 2.38. The third-order valence-corrected chi connectivity index (χ3v) is 14.3. The van der Waals surface area contributed by atoms with Crippen molar-refractivity contribution in [3.8, 4) is 12.1 Å². The summed E-state index contributed by atoms with van der Waals surface area (Å²) in [4.78, 5) is 71.5. The number of sulfonamides is 2. The Morgan fingerprint density at radius 1 is 0.639 bits per heavy atom. The fraction of sp³-hybridized carbons (Fsp3) is 0.306. The molecule has 5 aromatic rings. The minimum absolute atomic E-state index is 0.178. The third kappa shape index (κ3) is 17.4. The average Bonchev–Trinajstić information content (AvgIpc) is 2.66. The van der Waals surface area contributed by atoms with Crippen molar-refractivity contribution < 1.29 is 94.9 Å². The molecule has 21 nitrogen and oxygen atoms in total. The number of anilines is 2. The zero-order chi connectivity index (χ0) is 62.0. The van der Waals surface area contributed by atoms with Gasteiger partial charge in [0.15, 0.2) is 17.1 Å². The number of carboxylic acids is 1. The SMILES string of the molecule is CCOC(=O)c1cc(C#N)c(N2CC(C(=O)NS(=O)(=O)Cc3cccc(Cl)c3)C2)nc1C(F)(F)F.CCOC(=O)c1cc(C#N)c(N2CC(C(=O)NS(=O)(=O)Cc3ccccc3Cl)C2)nc1C(F)(F)F.O=C(O)c1cccnc1C(F)(F)F. The second kappa shape index (κ2) is 26.7. The number of benzene rings is 2. The summed E-state index contributed by atoms with van der Waals surface area (Å²) in [6, 6.07) is 19.1. The molecule has 0 atom stereocenters. The normalized spacial score (nSPS) is 13.7. The van der Waals surface area contributed by atoms with Crippen LogP contribution in [-0.4, -0.2) is 106 Å². The summed E-state index contributed by atoms with van der Waals surface area (Å²) in [5.74, 6) is -9.46. The van der Waals surface area contributed by atoms with Gasteiger partial charge in [0, 0.05) is 42.4 Å². The number of nitrogens with one attached hydrogen (secondary N) is 2. The van der Waals surface area contributed by atoms with Crippen molar-refractivity contribution in [2.24, 2.45) is 11.8 Å². The van der Waals surface area contributed by atoms with E-state index >= 15 is 0 Å². The van der Waals surface area contributed by atoms with Gasteiger partial charge in [-0.15, -0.1) is 0 Å². The molecule has 34 heteroatoms. The minimum atomic E-state index is -5.01. The van der Waals surface area contributed by atoms with Gasteiger partial charge in [-0.05, 0) is 67.4 Å². The lowest BCUT2D eigenvalue weighted by Gasteiger charge is -2.39. The van der Waals surface area contributed by atoms with Gasteiger partial charge in [-0.2, -0.15) is 50.0 Å². The van der Waals surface area contributed by atoms with E-state index in [0.29, 0.717) is 10.6 Å². The maximum absolute atomic E-state index is 13.5. The number of nitriles is 2. The number of carbonyl (C=O) groups excluding carboxylic acids is 4. The zero-order valence-electron chi connectivity index (χ0n) is 42.4. The molecule has 2 fully saturated rings. The summed E-state index contributed by atoms with van der Waals surface area (Å²) >= 11 is 11.8. The number of halogens is 11. The topological polar surface area (TPSA) is 309 Å². The van der Waals surface area contributed by atoms with Crippen LogP contribution in [0.5, 0.6) is 0 Å². The molecule has 0 radical (unpaired) electrons. The minimum Gasteiger partial charge on any atom is -0.478 e. The van der Waals surface area contributed by atoms with E-state index in [4.69, 9.17) is 28.3 Å². The van der Waals surface area contributed by atoms with E-state index in [1.165, 1.54) is 47.9 Å². The van der Waals surface area contributed by atoms with Gasteiger partial charge in [0.1, 0.15) is 23.8 Å². The quantitative estimate of drug-likeness (QED) is 0.0672. The van der Waals surface area contributed by atoms with Gasteiger partial charge in [-0.25, -0.2) is 41.2 Å². The predicted molar refractivity (Wildman–Crippen MR) is 272 cm³/mol. The van der Waals surface area contributed by atoms with Crippen molar-refractivity contribution in [1.29, 1.82) is 10.5 Å². The van der Waals surface area contributed by atoms with E-state index in [-0.39, 0.29) is 72.7 Å². The molecule has 0 unspecified atom stereocenters. The Bertz CT molecular complexity index is 3630. The smallest absolute Gasteiger partial charge is 0.434 e. The number of alkyl halides is 9. The number of esters is 2. The van der Waals surface area contributed by atoms with Crippen LogP contribution < -0.4 is 19.2 Å². The highest BCUT2D eigenvalue weighted by molar-refractivity contribution is 7.89. The molecule has 3 aromatic heterocycles. The average molecular weight is 1250 g/mol. The molecule has 0 bridgehead atoms. The largest absolute Gasteiger partial charge is 0.478 e. The molecule has 3 N–H and O–H groups in total.